The summed E-state index contributed by atoms with van der Waals surface area (Å²) >= 11 is 3.30. The molecule has 0 fully saturated rings. The van der Waals surface area contributed by atoms with Crippen LogP contribution in [0.2, 0.25) is 0 Å². The fraction of sp³-hybridized carbons (Fsp3) is 0.111. The summed E-state index contributed by atoms with van der Waals surface area (Å²) in [4.78, 5) is 40.4. The van der Waals surface area contributed by atoms with Crippen LogP contribution in [0.5, 0.6) is 0 Å². The second-order valence-corrected chi connectivity index (χ2v) is 6.40. The number of amides is 2. The number of halogens is 1. The van der Waals surface area contributed by atoms with Gasteiger partial charge < -0.3 is 5.32 Å². The molecule has 0 radical (unpaired) electrons. The first-order chi connectivity index (χ1) is 12.5. The first-order valence-electron chi connectivity index (χ1n) is 7.84. The highest BCUT2D eigenvalue weighted by atomic mass is 79.9. The van der Waals surface area contributed by atoms with Crippen molar-refractivity contribution in [2.24, 2.45) is 0 Å². The van der Waals surface area contributed by atoms with Crippen LogP contribution in [0.15, 0.2) is 64.1 Å². The van der Waals surface area contributed by atoms with E-state index in [0.29, 0.717) is 16.5 Å². The summed E-state index contributed by atoms with van der Waals surface area (Å²) in [5, 5.41) is 3.08. The van der Waals surface area contributed by atoms with Crippen LogP contribution in [0, 0.1) is 0 Å². The minimum absolute atomic E-state index is 0.0293. The van der Waals surface area contributed by atoms with E-state index in [-0.39, 0.29) is 24.4 Å². The molecule has 2 N–H and O–H groups in total. The third-order valence-electron chi connectivity index (χ3n) is 3.65. The number of carbonyl (C=O) groups is 2. The second-order valence-electron chi connectivity index (χ2n) is 5.48. The summed E-state index contributed by atoms with van der Waals surface area (Å²) in [6.07, 6.45) is 1.30. The van der Waals surface area contributed by atoms with E-state index in [4.69, 9.17) is 0 Å². The molecule has 0 atom stereocenters. The molecule has 0 aliphatic rings. The average Bonchev–Trinajstić information content (AvgIpc) is 2.65. The number of hydrogen-bond acceptors (Lipinski definition) is 4. The van der Waals surface area contributed by atoms with Crippen molar-refractivity contribution in [3.05, 3.63) is 75.2 Å². The molecular weight excluding hydrogens is 400 g/mol. The summed E-state index contributed by atoms with van der Waals surface area (Å²) in [6, 6.07) is 13.8. The Morgan fingerprint density at radius 1 is 1.08 bits per heavy atom. The Labute approximate surface area is 157 Å². The number of rotatable bonds is 5. The summed E-state index contributed by atoms with van der Waals surface area (Å²) in [7, 11) is 0. The number of hydrogen-bond donors (Lipinski definition) is 2. The van der Waals surface area contributed by atoms with Gasteiger partial charge in [0.25, 0.3) is 11.5 Å². The van der Waals surface area contributed by atoms with Crippen LogP contribution in [0.25, 0.3) is 10.9 Å². The molecule has 3 rings (SSSR count). The highest BCUT2D eigenvalue weighted by molar-refractivity contribution is 9.10. The van der Waals surface area contributed by atoms with Crippen LogP contribution in [0.3, 0.4) is 0 Å². The molecule has 0 bridgehead atoms. The van der Waals surface area contributed by atoms with Gasteiger partial charge in [-0.3, -0.25) is 19.8 Å². The average molecular weight is 415 g/mol. The first-order valence-corrected chi connectivity index (χ1v) is 8.64. The maximum atomic E-state index is 12.3. The summed E-state index contributed by atoms with van der Waals surface area (Å²) in [5.41, 5.74) is 3.17. The van der Waals surface area contributed by atoms with E-state index in [0.717, 1.165) is 9.15 Å². The summed E-state index contributed by atoms with van der Waals surface area (Å²) in [5.74, 6) is -0.671. The molecule has 0 aliphatic carbocycles. The molecule has 8 heteroatoms. The lowest BCUT2D eigenvalue weighted by molar-refractivity contribution is -0.117. The van der Waals surface area contributed by atoms with Crippen molar-refractivity contribution in [3.63, 3.8) is 0 Å². The number of nitrogens with zero attached hydrogens (tertiary/aromatic N) is 2. The van der Waals surface area contributed by atoms with E-state index >= 15 is 0 Å². The minimum atomic E-state index is -0.403. The Kier molecular flexibility index (Phi) is 5.43. The zero-order valence-corrected chi connectivity index (χ0v) is 15.2. The zero-order valence-electron chi connectivity index (χ0n) is 13.6. The van der Waals surface area contributed by atoms with Gasteiger partial charge in [0.15, 0.2) is 0 Å². The van der Waals surface area contributed by atoms with E-state index in [9.17, 15) is 14.4 Å². The third-order valence-corrected chi connectivity index (χ3v) is 4.18. The van der Waals surface area contributed by atoms with Crippen molar-refractivity contribution in [2.45, 2.75) is 6.42 Å². The van der Waals surface area contributed by atoms with Crippen LogP contribution in [0.4, 0.5) is 0 Å². The SMILES string of the molecule is O=C(CCNC(=O)c1ccc(Br)cc1)Nn1cnc2ccccc2c1=O. The lowest BCUT2D eigenvalue weighted by Gasteiger charge is -2.09. The standard InChI is InChI=1S/C18H15BrN4O3/c19-13-7-5-12(6-8-13)17(25)20-10-9-16(24)22-23-11-21-15-4-2-1-3-14(15)18(23)26/h1-8,11H,9-10H2,(H,20,25)(H,22,24). The van der Waals surface area contributed by atoms with Gasteiger partial charge >= 0.3 is 0 Å². The van der Waals surface area contributed by atoms with E-state index in [1.54, 1.807) is 48.5 Å². The summed E-state index contributed by atoms with van der Waals surface area (Å²) in [6.45, 7) is 0.149. The van der Waals surface area contributed by atoms with E-state index in [1.165, 1.54) is 6.33 Å². The lowest BCUT2D eigenvalue weighted by Crippen LogP contribution is -2.35. The van der Waals surface area contributed by atoms with Crippen LogP contribution in [0.1, 0.15) is 16.8 Å². The Morgan fingerprint density at radius 2 is 1.81 bits per heavy atom. The Hall–Kier alpha value is -3.00. The van der Waals surface area contributed by atoms with Crippen LogP contribution >= 0.6 is 15.9 Å². The summed E-state index contributed by atoms with van der Waals surface area (Å²) < 4.78 is 1.92. The largest absolute Gasteiger partial charge is 0.352 e. The number of aromatic nitrogens is 2. The van der Waals surface area contributed by atoms with Crippen LogP contribution < -0.4 is 16.3 Å². The topological polar surface area (TPSA) is 93.1 Å². The molecule has 2 aromatic carbocycles. The van der Waals surface area contributed by atoms with Gasteiger partial charge in [-0.1, -0.05) is 28.1 Å². The predicted octanol–water partition coefficient (Wildman–Crippen LogP) is 2.05. The molecule has 0 spiro atoms. The molecule has 0 aliphatic heterocycles. The number of benzene rings is 2. The van der Waals surface area contributed by atoms with Crippen LogP contribution in [-0.4, -0.2) is 28.0 Å². The smallest absolute Gasteiger partial charge is 0.280 e. The number of carbonyl (C=O) groups excluding carboxylic acids is 2. The monoisotopic (exact) mass is 414 g/mol. The highest BCUT2D eigenvalue weighted by Crippen LogP contribution is 2.10. The van der Waals surface area contributed by atoms with Crippen molar-refractivity contribution in [2.75, 3.05) is 12.0 Å². The van der Waals surface area contributed by atoms with Gasteiger partial charge in [0.2, 0.25) is 5.91 Å². The predicted molar refractivity (Wildman–Crippen MR) is 101 cm³/mol. The van der Waals surface area contributed by atoms with Gasteiger partial charge in [-0.25, -0.2) is 9.66 Å². The Balaban J connectivity index is 1.56. The molecule has 1 heterocycles. The van der Waals surface area contributed by atoms with Crippen molar-refractivity contribution in [1.29, 1.82) is 0 Å². The fourth-order valence-corrected chi connectivity index (χ4v) is 2.60. The highest BCUT2D eigenvalue weighted by Gasteiger charge is 2.09. The van der Waals surface area contributed by atoms with Gasteiger partial charge in [0.05, 0.1) is 10.9 Å². The molecule has 7 nitrogen and oxygen atoms in total. The number of nitrogens with one attached hydrogen (secondary N) is 2. The molecule has 0 saturated carbocycles. The van der Waals surface area contributed by atoms with E-state index in [2.05, 4.69) is 31.7 Å². The van der Waals surface area contributed by atoms with Gasteiger partial charge in [0, 0.05) is 23.0 Å². The molecule has 2 amide bonds. The van der Waals surface area contributed by atoms with Gasteiger partial charge in [-0.2, -0.15) is 0 Å². The van der Waals surface area contributed by atoms with Gasteiger partial charge in [-0.05, 0) is 36.4 Å². The van der Waals surface area contributed by atoms with Crippen molar-refractivity contribution >= 4 is 38.6 Å². The first kappa shape index (κ1) is 17.8. The molecule has 132 valence electrons. The number of para-hydroxylation sites is 1. The normalized spacial score (nSPS) is 10.5. The molecule has 0 saturated heterocycles. The fourth-order valence-electron chi connectivity index (χ4n) is 2.33. The Morgan fingerprint density at radius 3 is 2.58 bits per heavy atom. The van der Waals surface area contributed by atoms with Crippen molar-refractivity contribution in [3.8, 4) is 0 Å². The third kappa shape index (κ3) is 4.15. The quantitative estimate of drug-likeness (QED) is 0.667. The van der Waals surface area contributed by atoms with E-state index < -0.39 is 5.91 Å². The minimum Gasteiger partial charge on any atom is -0.352 e. The van der Waals surface area contributed by atoms with Gasteiger partial charge in [-0.15, -0.1) is 0 Å². The van der Waals surface area contributed by atoms with Gasteiger partial charge in [0.1, 0.15) is 6.33 Å². The maximum absolute atomic E-state index is 12.3. The lowest BCUT2D eigenvalue weighted by atomic mass is 10.2. The molecule has 3 aromatic rings. The molecule has 0 unspecified atom stereocenters. The van der Waals surface area contributed by atoms with Crippen LogP contribution in [-0.2, 0) is 4.79 Å². The van der Waals surface area contributed by atoms with E-state index in [1.807, 2.05) is 0 Å². The van der Waals surface area contributed by atoms with Crippen molar-refractivity contribution in [1.82, 2.24) is 15.0 Å². The molecule has 26 heavy (non-hydrogen) atoms. The maximum Gasteiger partial charge on any atom is 0.280 e. The molecule has 1 aromatic heterocycles. The molecular formula is C18H15BrN4O3. The zero-order chi connectivity index (χ0) is 18.5. The number of fused-ring (bicyclic) bond motifs is 1. The second kappa shape index (κ2) is 7.92. The Bertz CT molecular complexity index is 1010. The van der Waals surface area contributed by atoms with Crippen molar-refractivity contribution < 1.29 is 9.59 Å².